The van der Waals surface area contributed by atoms with Gasteiger partial charge < -0.3 is 14.9 Å². The van der Waals surface area contributed by atoms with Crippen LogP contribution in [-0.2, 0) is 9.53 Å². The second-order valence-corrected chi connectivity index (χ2v) is 13.4. The lowest BCUT2D eigenvalue weighted by molar-refractivity contribution is -0.373. The highest BCUT2D eigenvalue weighted by molar-refractivity contribution is 5.77. The van der Waals surface area contributed by atoms with Crippen LogP contribution < -0.4 is 0 Å². The van der Waals surface area contributed by atoms with Crippen molar-refractivity contribution in [3.8, 4) is 0 Å². The van der Waals surface area contributed by atoms with Crippen molar-refractivity contribution < 1.29 is 59.3 Å². The molecule has 0 radical (unpaired) electrons. The van der Waals surface area contributed by atoms with Gasteiger partial charge in [-0.2, -0.15) is 39.5 Å². The van der Waals surface area contributed by atoms with Gasteiger partial charge in [0.05, 0.1) is 5.92 Å². The van der Waals surface area contributed by atoms with E-state index in [2.05, 4.69) is 13.5 Å². The fraction of sp³-hybridized carbons (Fsp3) is 0.828. The summed E-state index contributed by atoms with van der Waals surface area (Å²) in [6, 6.07) is 0. The van der Waals surface area contributed by atoms with Crippen LogP contribution in [-0.4, -0.2) is 45.9 Å². The molecule has 11 atom stereocenters. The fourth-order valence-corrected chi connectivity index (χ4v) is 8.35. The summed E-state index contributed by atoms with van der Waals surface area (Å²) in [5, 5.41) is 19.0. The maximum Gasteiger partial charge on any atom is 0.426 e. The summed E-state index contributed by atoms with van der Waals surface area (Å²) in [6.45, 7) is 8.62. The van der Waals surface area contributed by atoms with Crippen molar-refractivity contribution >= 4 is 5.97 Å². The van der Waals surface area contributed by atoms with Crippen LogP contribution in [0.3, 0.4) is 0 Å². The van der Waals surface area contributed by atoms with Crippen LogP contribution in [0, 0.1) is 59.2 Å². The minimum absolute atomic E-state index is 0.0135. The number of carbonyl (C=O) groups is 1. The van der Waals surface area contributed by atoms with E-state index in [1.165, 1.54) is 0 Å². The molecule has 0 aromatic carbocycles. The smallest absolute Gasteiger partial charge is 0.426 e. The lowest BCUT2D eigenvalue weighted by atomic mass is 9.65. The molecule has 5 rings (SSSR count). The molecular formula is C29H37F9O4. The number of carbonyl (C=O) groups excluding carboxylic acids is 1. The summed E-state index contributed by atoms with van der Waals surface area (Å²) in [4.78, 5) is 12.2. The van der Waals surface area contributed by atoms with Gasteiger partial charge in [0.2, 0.25) is 0 Å². The number of cyclic esters (lactones) is 1. The molecule has 3 saturated carbocycles. The molecule has 0 spiro atoms. The largest absolute Gasteiger partial charge is 0.431 e. The van der Waals surface area contributed by atoms with Crippen LogP contribution in [0.4, 0.5) is 39.5 Å². The number of halogens is 9. The first kappa shape index (κ1) is 33.1. The molecular weight excluding hydrogens is 583 g/mol. The van der Waals surface area contributed by atoms with Gasteiger partial charge in [0, 0.05) is 5.92 Å². The Morgan fingerprint density at radius 1 is 0.857 bits per heavy atom. The van der Waals surface area contributed by atoms with Gasteiger partial charge in [0.25, 0.3) is 5.60 Å². The summed E-state index contributed by atoms with van der Waals surface area (Å²) < 4.78 is 119. The SMILES string of the molecule is C=C1OC(=O)C(C2C(C)C3CC(CC(C)(O)C(F)(F)F)C2C3)C1C.OC(CC1CC2C=CC1C2)(C(F)(F)F)C(F)(F)F. The summed E-state index contributed by atoms with van der Waals surface area (Å²) in [5.41, 5.74) is -7.27. The first-order valence-electron chi connectivity index (χ1n) is 14.2. The summed E-state index contributed by atoms with van der Waals surface area (Å²) in [7, 11) is 0. The van der Waals surface area contributed by atoms with Gasteiger partial charge >= 0.3 is 24.5 Å². The van der Waals surface area contributed by atoms with E-state index in [1.807, 2.05) is 13.0 Å². The monoisotopic (exact) mass is 620 g/mol. The molecule has 2 N–H and O–H groups in total. The molecule has 13 heteroatoms. The summed E-state index contributed by atoms with van der Waals surface area (Å²) in [6.07, 6.45) is -11.7. The standard InChI is InChI=1S/C18H25F3O3.C11H12F6O/c1-8-10(3)24-16(22)15(8)14-9(2)11-5-12(13(14)6-11)7-17(4,23)18(19,20)21;12-10(13,14)9(18,11(15,16)17)5-8-4-6-1-2-7(8)3-6/h8-9,11-15,23H,3,5-7H2,1-2,4H3;1-2,6-8,18H,3-5H2. The number of esters is 1. The number of hydrogen-bond acceptors (Lipinski definition) is 4. The quantitative estimate of drug-likeness (QED) is 0.192. The van der Waals surface area contributed by atoms with Crippen LogP contribution in [0.25, 0.3) is 0 Å². The molecule has 5 aliphatic rings. The Bertz CT molecular complexity index is 1060. The average Bonchev–Trinajstić information content (AvgIpc) is 3.62. The lowest BCUT2D eigenvalue weighted by Crippen LogP contribution is -2.58. The minimum Gasteiger partial charge on any atom is -0.431 e. The van der Waals surface area contributed by atoms with Crippen LogP contribution in [0.15, 0.2) is 24.5 Å². The normalized spacial score (nSPS) is 39.4. The maximum atomic E-state index is 13.0. The van der Waals surface area contributed by atoms with Gasteiger partial charge in [-0.25, -0.2) is 0 Å². The average molecular weight is 621 g/mol. The van der Waals surface area contributed by atoms with E-state index in [9.17, 15) is 49.4 Å². The molecule has 0 aromatic rings. The number of ether oxygens (including phenoxy) is 1. The Balaban J connectivity index is 0.000000201. The van der Waals surface area contributed by atoms with E-state index in [1.54, 1.807) is 6.08 Å². The van der Waals surface area contributed by atoms with Gasteiger partial charge in [-0.3, -0.25) is 4.79 Å². The zero-order chi connectivity index (χ0) is 31.8. The Morgan fingerprint density at radius 3 is 1.86 bits per heavy atom. The molecule has 4 fully saturated rings. The molecule has 1 heterocycles. The van der Waals surface area contributed by atoms with Gasteiger partial charge in [-0.05, 0) is 92.8 Å². The Hall–Kier alpha value is -1.76. The zero-order valence-corrected chi connectivity index (χ0v) is 23.5. The maximum absolute atomic E-state index is 13.0. The third-order valence-electron chi connectivity index (χ3n) is 10.8. The van der Waals surface area contributed by atoms with Crippen molar-refractivity contribution in [2.45, 2.75) is 89.0 Å². The van der Waals surface area contributed by atoms with Crippen molar-refractivity contribution in [3.05, 3.63) is 24.5 Å². The van der Waals surface area contributed by atoms with Crippen molar-refractivity contribution in [2.24, 2.45) is 59.2 Å². The van der Waals surface area contributed by atoms with Gasteiger partial charge in [0.1, 0.15) is 5.76 Å². The highest BCUT2D eigenvalue weighted by atomic mass is 19.4. The molecule has 4 bridgehead atoms. The molecule has 42 heavy (non-hydrogen) atoms. The van der Waals surface area contributed by atoms with Crippen LogP contribution in [0.1, 0.15) is 59.3 Å². The molecule has 1 aliphatic heterocycles. The number of allylic oxidation sites excluding steroid dienone is 3. The first-order chi connectivity index (χ1) is 19.0. The first-order valence-corrected chi connectivity index (χ1v) is 14.2. The Kier molecular flexibility index (Phi) is 8.44. The Morgan fingerprint density at radius 2 is 1.45 bits per heavy atom. The van der Waals surface area contributed by atoms with E-state index in [0.717, 1.165) is 13.3 Å². The number of aliphatic hydroxyl groups is 2. The number of fused-ring (bicyclic) bond motifs is 4. The third kappa shape index (κ3) is 5.73. The number of rotatable bonds is 5. The van der Waals surface area contributed by atoms with E-state index in [0.29, 0.717) is 24.5 Å². The number of alkyl halides is 9. The fourth-order valence-electron chi connectivity index (χ4n) is 8.35. The van der Waals surface area contributed by atoms with Crippen LogP contribution >= 0.6 is 0 Å². The van der Waals surface area contributed by atoms with Crippen LogP contribution in [0.2, 0.25) is 0 Å². The van der Waals surface area contributed by atoms with Gasteiger partial charge in [-0.15, -0.1) is 0 Å². The zero-order valence-electron chi connectivity index (χ0n) is 23.5. The highest BCUT2D eigenvalue weighted by Gasteiger charge is 2.71. The third-order valence-corrected chi connectivity index (χ3v) is 10.8. The Labute approximate surface area is 238 Å². The molecule has 1 saturated heterocycles. The van der Waals surface area contributed by atoms with E-state index >= 15 is 0 Å². The topological polar surface area (TPSA) is 66.8 Å². The van der Waals surface area contributed by atoms with Crippen LogP contribution in [0.5, 0.6) is 0 Å². The lowest BCUT2D eigenvalue weighted by Gasteiger charge is -2.40. The minimum atomic E-state index is -5.70. The predicted molar refractivity (Wildman–Crippen MR) is 132 cm³/mol. The van der Waals surface area contributed by atoms with Gasteiger partial charge in [-0.1, -0.05) is 32.6 Å². The van der Waals surface area contributed by atoms with E-state index in [4.69, 9.17) is 9.84 Å². The van der Waals surface area contributed by atoms with Crippen molar-refractivity contribution in [2.75, 3.05) is 0 Å². The molecule has 4 nitrogen and oxygen atoms in total. The van der Waals surface area contributed by atoms with Crippen molar-refractivity contribution in [3.63, 3.8) is 0 Å². The summed E-state index contributed by atoms with van der Waals surface area (Å²) >= 11 is 0. The number of hydrogen-bond donors (Lipinski definition) is 2. The molecule has 11 unspecified atom stereocenters. The highest BCUT2D eigenvalue weighted by Crippen LogP contribution is 2.62. The van der Waals surface area contributed by atoms with E-state index < -0.39 is 42.1 Å². The molecule has 0 aromatic heterocycles. The second kappa shape index (κ2) is 10.7. The van der Waals surface area contributed by atoms with Gasteiger partial charge in [0.15, 0.2) is 5.60 Å². The molecule has 240 valence electrons. The van der Waals surface area contributed by atoms with Crippen molar-refractivity contribution in [1.82, 2.24) is 0 Å². The van der Waals surface area contributed by atoms with E-state index in [-0.39, 0.29) is 66.2 Å². The van der Waals surface area contributed by atoms with Crippen molar-refractivity contribution in [1.29, 1.82) is 0 Å². The molecule has 4 aliphatic carbocycles. The summed E-state index contributed by atoms with van der Waals surface area (Å²) in [5.74, 6) is -0.779. The molecule has 0 amide bonds. The second-order valence-electron chi connectivity index (χ2n) is 13.4. The predicted octanol–water partition coefficient (Wildman–Crippen LogP) is 7.37.